The van der Waals surface area contributed by atoms with E-state index in [-0.39, 0.29) is 11.3 Å². The Morgan fingerprint density at radius 2 is 1.87 bits per heavy atom. The molecule has 2 aliphatic rings. The summed E-state index contributed by atoms with van der Waals surface area (Å²) in [6.07, 6.45) is 3.38. The first-order chi connectivity index (χ1) is 14.0. The summed E-state index contributed by atoms with van der Waals surface area (Å²) in [6, 6.07) is 6.70. The largest absolute Gasteiger partial charge is 0.485 e. The Labute approximate surface area is 176 Å². The first kappa shape index (κ1) is 20.0. The average Bonchev–Trinajstić information content (AvgIpc) is 2.84. The average molecular weight is 432 g/mol. The molecule has 9 nitrogen and oxygen atoms in total. The lowest BCUT2D eigenvalue weighted by atomic mass is 9.76. The number of fused-ring (bicyclic) bond motifs is 2. The van der Waals surface area contributed by atoms with Crippen molar-refractivity contribution in [2.45, 2.75) is 25.0 Å². The molecule has 2 aliphatic heterocycles. The van der Waals surface area contributed by atoms with Crippen molar-refractivity contribution in [3.63, 3.8) is 0 Å². The zero-order valence-corrected chi connectivity index (χ0v) is 17.4. The Hall–Kier alpha value is -3.33. The molecule has 0 fully saturated rings. The second-order valence-corrected chi connectivity index (χ2v) is 8.12. The first-order valence-corrected chi connectivity index (χ1v) is 9.39. The van der Waals surface area contributed by atoms with E-state index in [1.54, 1.807) is 18.2 Å². The molecule has 0 N–H and O–H groups in total. The van der Waals surface area contributed by atoms with Gasteiger partial charge in [0.15, 0.2) is 0 Å². The van der Waals surface area contributed by atoms with E-state index < -0.39 is 38.1 Å². The van der Waals surface area contributed by atoms with Crippen molar-refractivity contribution >= 4 is 34.7 Å². The van der Waals surface area contributed by atoms with Gasteiger partial charge in [-0.1, -0.05) is 11.6 Å². The maximum atomic E-state index is 11.9. The number of methoxy groups -OCH3 is 1. The Morgan fingerprint density at radius 3 is 2.47 bits per heavy atom. The van der Waals surface area contributed by atoms with Gasteiger partial charge in [0.25, 0.3) is 5.75 Å². The summed E-state index contributed by atoms with van der Waals surface area (Å²) >= 11 is 6.21. The van der Waals surface area contributed by atoms with Gasteiger partial charge < -0.3 is 14.4 Å². The molecule has 156 valence electrons. The van der Waals surface area contributed by atoms with Crippen LogP contribution in [0.3, 0.4) is 0 Å². The molecule has 0 amide bonds. The van der Waals surface area contributed by atoms with Crippen molar-refractivity contribution in [3.05, 3.63) is 66.7 Å². The first-order valence-electron chi connectivity index (χ1n) is 9.01. The quantitative estimate of drug-likeness (QED) is 0.512. The van der Waals surface area contributed by atoms with Crippen molar-refractivity contribution in [2.24, 2.45) is 0 Å². The molecular formula is C20H18ClN3O6. The van der Waals surface area contributed by atoms with Crippen molar-refractivity contribution in [1.82, 2.24) is 0 Å². The van der Waals surface area contributed by atoms with E-state index in [4.69, 9.17) is 21.1 Å². The maximum absolute atomic E-state index is 11.9. The normalized spacial score (nSPS) is 20.5. The van der Waals surface area contributed by atoms with E-state index in [0.29, 0.717) is 5.02 Å². The number of ether oxygens (including phenoxy) is 2. The van der Waals surface area contributed by atoms with Crippen molar-refractivity contribution in [1.29, 1.82) is 0 Å². The topological polar surface area (TPSA) is 108 Å². The molecule has 0 aromatic heterocycles. The summed E-state index contributed by atoms with van der Waals surface area (Å²) in [7, 11) is 2.98. The highest BCUT2D eigenvalue weighted by Crippen LogP contribution is 2.57. The van der Waals surface area contributed by atoms with Crippen LogP contribution in [-0.4, -0.2) is 29.7 Å². The van der Waals surface area contributed by atoms with Crippen LogP contribution in [0.2, 0.25) is 5.02 Å². The molecule has 30 heavy (non-hydrogen) atoms. The summed E-state index contributed by atoms with van der Waals surface area (Å²) in [5.74, 6) is -0.531. The number of anilines is 1. The number of likely N-dealkylation sites (N-methyl/N-ethyl adjacent to an activating group) is 1. The van der Waals surface area contributed by atoms with Gasteiger partial charge in [0.05, 0.1) is 22.4 Å². The second kappa shape index (κ2) is 6.33. The maximum Gasteiger partial charge on any atom is 0.360 e. The Morgan fingerprint density at radius 1 is 1.17 bits per heavy atom. The van der Waals surface area contributed by atoms with Gasteiger partial charge in [0.2, 0.25) is 11.5 Å². The van der Waals surface area contributed by atoms with Gasteiger partial charge in [-0.2, -0.15) is 0 Å². The van der Waals surface area contributed by atoms with Crippen LogP contribution in [0, 0.1) is 20.2 Å². The second-order valence-electron chi connectivity index (χ2n) is 7.69. The van der Waals surface area contributed by atoms with Gasteiger partial charge in [0, 0.05) is 29.4 Å². The van der Waals surface area contributed by atoms with Gasteiger partial charge >= 0.3 is 11.4 Å². The minimum atomic E-state index is -1.11. The predicted molar refractivity (Wildman–Crippen MR) is 112 cm³/mol. The minimum absolute atomic E-state index is 0.0798. The van der Waals surface area contributed by atoms with Gasteiger partial charge in [0.1, 0.15) is 0 Å². The SMILES string of the molecule is COc1c([N+](=O)[O-])cc2c(c1[N+](=O)[O-])OC1(C=C2)N(C)c2ccc(Cl)cc2C1(C)C. The summed E-state index contributed by atoms with van der Waals surface area (Å²) in [5.41, 5.74) is -0.822. The predicted octanol–water partition coefficient (Wildman–Crippen LogP) is 4.69. The van der Waals surface area contributed by atoms with Crippen LogP contribution in [0.4, 0.5) is 17.1 Å². The highest BCUT2D eigenvalue weighted by molar-refractivity contribution is 6.30. The zero-order chi connectivity index (χ0) is 22.0. The minimum Gasteiger partial charge on any atom is -0.485 e. The zero-order valence-electron chi connectivity index (χ0n) is 16.6. The fourth-order valence-electron chi connectivity index (χ4n) is 4.37. The highest BCUT2D eigenvalue weighted by Gasteiger charge is 2.59. The third-order valence-electron chi connectivity index (χ3n) is 5.93. The molecular weight excluding hydrogens is 414 g/mol. The number of halogens is 1. The number of nitrogens with zero attached hydrogens (tertiary/aromatic N) is 3. The monoisotopic (exact) mass is 431 g/mol. The molecule has 2 aromatic carbocycles. The number of nitro benzene ring substituents is 2. The summed E-state index contributed by atoms with van der Waals surface area (Å²) < 4.78 is 11.4. The van der Waals surface area contributed by atoms with E-state index in [9.17, 15) is 20.2 Å². The smallest absolute Gasteiger partial charge is 0.360 e. The summed E-state index contributed by atoms with van der Waals surface area (Å²) in [6.45, 7) is 3.91. The van der Waals surface area contributed by atoms with E-state index in [2.05, 4.69) is 0 Å². The number of hydrogen-bond acceptors (Lipinski definition) is 7. The highest BCUT2D eigenvalue weighted by atomic mass is 35.5. The number of hydrogen-bond donors (Lipinski definition) is 0. The summed E-state index contributed by atoms with van der Waals surface area (Å²) in [5, 5.41) is 23.9. The number of benzene rings is 2. The lowest BCUT2D eigenvalue weighted by Gasteiger charge is -2.45. The Bertz CT molecular complexity index is 1150. The van der Waals surface area contributed by atoms with Crippen LogP contribution in [0.25, 0.3) is 6.08 Å². The van der Waals surface area contributed by atoms with Crippen LogP contribution in [0.1, 0.15) is 25.0 Å². The molecule has 1 atom stereocenters. The van der Waals surface area contributed by atoms with Crippen LogP contribution < -0.4 is 14.4 Å². The lowest BCUT2D eigenvalue weighted by Crippen LogP contribution is -2.58. The van der Waals surface area contributed by atoms with E-state index in [1.165, 1.54) is 6.07 Å². The molecule has 1 unspecified atom stereocenters. The van der Waals surface area contributed by atoms with Crippen LogP contribution in [0.5, 0.6) is 11.5 Å². The molecule has 2 aromatic rings. The molecule has 0 aliphatic carbocycles. The standard InChI is InChI=1S/C20H18ClN3O6/c1-19(2)13-10-12(21)5-6-14(13)22(3)20(19)8-7-11-9-15(23(25)26)18(29-4)16(24(27)28)17(11)30-20/h5-10H,1-4H3. The van der Waals surface area contributed by atoms with Crippen molar-refractivity contribution in [3.8, 4) is 11.5 Å². The van der Waals surface area contributed by atoms with E-state index in [0.717, 1.165) is 18.4 Å². The van der Waals surface area contributed by atoms with Crippen molar-refractivity contribution in [2.75, 3.05) is 19.1 Å². The third kappa shape index (κ3) is 2.41. The molecule has 0 saturated carbocycles. The lowest BCUT2D eigenvalue weighted by molar-refractivity contribution is -0.396. The number of nitro groups is 2. The van der Waals surface area contributed by atoms with E-state index >= 15 is 0 Å². The molecule has 0 saturated heterocycles. The van der Waals surface area contributed by atoms with Crippen molar-refractivity contribution < 1.29 is 19.3 Å². The van der Waals surface area contributed by atoms with Crippen LogP contribution in [-0.2, 0) is 5.41 Å². The molecule has 0 bridgehead atoms. The molecule has 1 spiro atoms. The third-order valence-corrected chi connectivity index (χ3v) is 6.17. The fourth-order valence-corrected chi connectivity index (χ4v) is 4.55. The molecule has 2 heterocycles. The van der Waals surface area contributed by atoms with Gasteiger partial charge in [-0.15, -0.1) is 0 Å². The van der Waals surface area contributed by atoms with Crippen LogP contribution in [0.15, 0.2) is 30.3 Å². The number of rotatable bonds is 3. The molecule has 4 rings (SSSR count). The Balaban J connectivity index is 1.97. The molecule has 10 heteroatoms. The fraction of sp³-hybridized carbons (Fsp3) is 0.300. The van der Waals surface area contributed by atoms with Gasteiger partial charge in [-0.25, -0.2) is 0 Å². The van der Waals surface area contributed by atoms with E-state index in [1.807, 2.05) is 37.9 Å². The van der Waals surface area contributed by atoms with Gasteiger partial charge in [-0.3, -0.25) is 20.2 Å². The Kier molecular flexibility index (Phi) is 4.21. The molecule has 0 radical (unpaired) electrons. The van der Waals surface area contributed by atoms with Gasteiger partial charge in [-0.05, 0) is 49.8 Å². The summed E-state index contributed by atoms with van der Waals surface area (Å²) in [4.78, 5) is 23.8. The van der Waals surface area contributed by atoms with Crippen LogP contribution >= 0.6 is 11.6 Å².